The first-order chi connectivity index (χ1) is 9.06. The predicted octanol–water partition coefficient (Wildman–Crippen LogP) is 3.89. The van der Waals surface area contributed by atoms with E-state index in [1.165, 1.54) is 24.0 Å². The van der Waals surface area contributed by atoms with E-state index in [1.54, 1.807) is 0 Å². The van der Waals surface area contributed by atoms with Crippen molar-refractivity contribution in [2.24, 2.45) is 5.92 Å². The summed E-state index contributed by atoms with van der Waals surface area (Å²) in [6.45, 7) is 10.7. The second-order valence-electron chi connectivity index (χ2n) is 6.28. The quantitative estimate of drug-likeness (QED) is 0.804. The smallest absolute Gasteiger partial charge is 0.122 e. The van der Waals surface area contributed by atoms with E-state index in [0.29, 0.717) is 11.8 Å². The Kier molecular flexibility index (Phi) is 4.87. The van der Waals surface area contributed by atoms with Gasteiger partial charge in [0.05, 0.1) is 6.61 Å². The Hall–Kier alpha value is -1.02. The lowest BCUT2D eigenvalue weighted by Gasteiger charge is -2.16. The van der Waals surface area contributed by atoms with Crippen molar-refractivity contribution in [2.75, 3.05) is 13.2 Å². The molecule has 2 rings (SSSR count). The molecule has 1 aliphatic carbocycles. The highest BCUT2D eigenvalue weighted by Crippen LogP contribution is 2.25. The maximum absolute atomic E-state index is 6.00. The van der Waals surface area contributed by atoms with E-state index in [4.69, 9.17) is 4.74 Å². The van der Waals surface area contributed by atoms with Gasteiger partial charge in [0.25, 0.3) is 0 Å². The average molecular weight is 261 g/mol. The lowest BCUT2D eigenvalue weighted by atomic mass is 10.0. The average Bonchev–Trinajstić information content (AvgIpc) is 3.19. The van der Waals surface area contributed by atoms with Gasteiger partial charge in [-0.25, -0.2) is 0 Å². The molecule has 1 aromatic carbocycles. The van der Waals surface area contributed by atoms with Crippen molar-refractivity contribution in [1.29, 1.82) is 0 Å². The van der Waals surface area contributed by atoms with E-state index in [-0.39, 0.29) is 0 Å². The Morgan fingerprint density at radius 2 is 2.00 bits per heavy atom. The molecule has 1 atom stereocenters. The monoisotopic (exact) mass is 261 g/mol. The zero-order valence-electron chi connectivity index (χ0n) is 12.7. The van der Waals surface area contributed by atoms with Gasteiger partial charge in [0.2, 0.25) is 0 Å². The third kappa shape index (κ3) is 4.54. The minimum atomic E-state index is 0.553. The molecule has 0 amide bonds. The fourth-order valence-corrected chi connectivity index (χ4v) is 2.08. The molecule has 1 fully saturated rings. The summed E-state index contributed by atoms with van der Waals surface area (Å²) >= 11 is 0. The molecule has 106 valence electrons. The predicted molar refractivity (Wildman–Crippen MR) is 81.0 cm³/mol. The molecule has 0 saturated heterocycles. The van der Waals surface area contributed by atoms with Crippen molar-refractivity contribution < 1.29 is 4.74 Å². The van der Waals surface area contributed by atoms with Crippen molar-refractivity contribution >= 4 is 0 Å². The molecule has 1 N–H and O–H groups in total. The molecular formula is C17H27NO. The van der Waals surface area contributed by atoms with Gasteiger partial charge >= 0.3 is 0 Å². The van der Waals surface area contributed by atoms with Gasteiger partial charge in [-0.2, -0.15) is 0 Å². The number of hydrogen-bond donors (Lipinski definition) is 1. The molecule has 0 aliphatic heterocycles. The molecule has 1 saturated carbocycles. The first-order valence-electron chi connectivity index (χ1n) is 7.53. The van der Waals surface area contributed by atoms with Crippen LogP contribution >= 0.6 is 0 Å². The number of ether oxygens (including phenoxy) is 1. The van der Waals surface area contributed by atoms with Crippen molar-refractivity contribution in [2.45, 2.75) is 52.5 Å². The summed E-state index contributed by atoms with van der Waals surface area (Å²) in [6.07, 6.45) is 2.70. The van der Waals surface area contributed by atoms with Gasteiger partial charge in [-0.15, -0.1) is 0 Å². The number of nitrogens with one attached hydrogen (secondary N) is 1. The highest BCUT2D eigenvalue weighted by molar-refractivity contribution is 5.37. The highest BCUT2D eigenvalue weighted by Gasteiger charge is 2.20. The molecule has 2 nitrogen and oxygen atoms in total. The Bertz CT molecular complexity index is 410. The molecule has 0 radical (unpaired) electrons. The summed E-state index contributed by atoms with van der Waals surface area (Å²) in [5.41, 5.74) is 2.58. The van der Waals surface area contributed by atoms with Crippen LogP contribution in [0.5, 0.6) is 5.75 Å². The van der Waals surface area contributed by atoms with Crippen LogP contribution in [0.15, 0.2) is 18.2 Å². The Morgan fingerprint density at radius 3 is 2.63 bits per heavy atom. The van der Waals surface area contributed by atoms with Crippen molar-refractivity contribution in [3.8, 4) is 5.75 Å². The van der Waals surface area contributed by atoms with Gasteiger partial charge in [-0.05, 0) is 42.9 Å². The first-order valence-corrected chi connectivity index (χ1v) is 7.53. The Morgan fingerprint density at radius 1 is 1.26 bits per heavy atom. The second kappa shape index (κ2) is 6.42. The minimum Gasteiger partial charge on any atom is -0.493 e. The zero-order chi connectivity index (χ0) is 13.8. The minimum absolute atomic E-state index is 0.553. The first kappa shape index (κ1) is 14.4. The van der Waals surface area contributed by atoms with Crippen LogP contribution in [-0.2, 0) is 0 Å². The SMILES string of the molecule is Cc1ccc(C(C)C)cc1OCC(C)CNC1CC1. The molecule has 1 unspecified atom stereocenters. The van der Waals surface area contributed by atoms with E-state index in [0.717, 1.165) is 24.9 Å². The van der Waals surface area contributed by atoms with E-state index < -0.39 is 0 Å². The van der Waals surface area contributed by atoms with Gasteiger partial charge in [-0.3, -0.25) is 0 Å². The summed E-state index contributed by atoms with van der Waals surface area (Å²) in [5.74, 6) is 2.16. The van der Waals surface area contributed by atoms with Crippen LogP contribution < -0.4 is 10.1 Å². The molecule has 2 heteroatoms. The van der Waals surface area contributed by atoms with Crippen LogP contribution in [0.3, 0.4) is 0 Å². The number of aryl methyl sites for hydroxylation is 1. The standard InChI is InChI=1S/C17H27NO/c1-12(2)15-6-5-14(4)17(9-15)19-11-13(3)10-18-16-7-8-16/h5-6,9,12-13,16,18H,7-8,10-11H2,1-4H3. The lowest BCUT2D eigenvalue weighted by molar-refractivity contribution is 0.253. The van der Waals surface area contributed by atoms with Crippen LogP contribution in [0.4, 0.5) is 0 Å². The number of rotatable bonds is 7. The number of hydrogen-bond acceptors (Lipinski definition) is 2. The third-order valence-electron chi connectivity index (χ3n) is 3.73. The normalized spacial score (nSPS) is 16.7. The third-order valence-corrected chi connectivity index (χ3v) is 3.73. The van der Waals surface area contributed by atoms with E-state index in [1.807, 2.05) is 0 Å². The van der Waals surface area contributed by atoms with Crippen LogP contribution in [0.2, 0.25) is 0 Å². The van der Waals surface area contributed by atoms with Crippen LogP contribution in [0, 0.1) is 12.8 Å². The molecule has 1 aliphatic rings. The summed E-state index contributed by atoms with van der Waals surface area (Å²) in [7, 11) is 0. The topological polar surface area (TPSA) is 21.3 Å². The van der Waals surface area contributed by atoms with Crippen molar-refractivity contribution in [3.05, 3.63) is 29.3 Å². The van der Waals surface area contributed by atoms with E-state index in [2.05, 4.69) is 51.2 Å². The zero-order valence-corrected chi connectivity index (χ0v) is 12.7. The molecule has 0 heterocycles. The highest BCUT2D eigenvalue weighted by atomic mass is 16.5. The van der Waals surface area contributed by atoms with Crippen LogP contribution in [0.1, 0.15) is 50.7 Å². The number of benzene rings is 1. The van der Waals surface area contributed by atoms with Crippen LogP contribution in [-0.4, -0.2) is 19.2 Å². The summed E-state index contributed by atoms with van der Waals surface area (Å²) in [6, 6.07) is 7.34. The van der Waals surface area contributed by atoms with Gasteiger partial charge in [-0.1, -0.05) is 32.9 Å². The summed E-state index contributed by atoms with van der Waals surface area (Å²) in [5, 5.41) is 3.56. The van der Waals surface area contributed by atoms with E-state index >= 15 is 0 Å². The van der Waals surface area contributed by atoms with Gasteiger partial charge in [0.15, 0.2) is 0 Å². The fraction of sp³-hybridized carbons (Fsp3) is 0.647. The maximum Gasteiger partial charge on any atom is 0.122 e. The van der Waals surface area contributed by atoms with Crippen molar-refractivity contribution in [3.63, 3.8) is 0 Å². The van der Waals surface area contributed by atoms with Crippen LogP contribution in [0.25, 0.3) is 0 Å². The molecule has 0 spiro atoms. The largest absolute Gasteiger partial charge is 0.493 e. The lowest BCUT2D eigenvalue weighted by Crippen LogP contribution is -2.26. The Balaban J connectivity index is 1.84. The molecule has 0 bridgehead atoms. The Labute approximate surface area is 117 Å². The molecule has 1 aromatic rings. The van der Waals surface area contributed by atoms with Gasteiger partial charge in [0.1, 0.15) is 5.75 Å². The van der Waals surface area contributed by atoms with Gasteiger partial charge in [0, 0.05) is 18.5 Å². The maximum atomic E-state index is 6.00. The summed E-state index contributed by atoms with van der Waals surface area (Å²) in [4.78, 5) is 0. The summed E-state index contributed by atoms with van der Waals surface area (Å²) < 4.78 is 6.00. The molecular weight excluding hydrogens is 234 g/mol. The van der Waals surface area contributed by atoms with Crippen molar-refractivity contribution in [1.82, 2.24) is 5.32 Å². The molecule has 0 aromatic heterocycles. The van der Waals surface area contributed by atoms with E-state index in [9.17, 15) is 0 Å². The second-order valence-corrected chi connectivity index (χ2v) is 6.28. The molecule has 19 heavy (non-hydrogen) atoms. The fourth-order valence-electron chi connectivity index (χ4n) is 2.08. The van der Waals surface area contributed by atoms with Gasteiger partial charge < -0.3 is 10.1 Å².